The fraction of sp³-hybridized carbons (Fsp3) is 0.538. The Morgan fingerprint density at radius 1 is 1.53 bits per heavy atom. The summed E-state index contributed by atoms with van der Waals surface area (Å²) in [5.74, 6) is 0. The first-order chi connectivity index (χ1) is 8.27. The lowest BCUT2D eigenvalue weighted by Crippen LogP contribution is -2.45. The molecule has 0 aliphatic carbocycles. The van der Waals surface area contributed by atoms with Gasteiger partial charge >= 0.3 is 0 Å². The van der Waals surface area contributed by atoms with Crippen LogP contribution in [0, 0.1) is 0 Å². The Bertz CT molecular complexity index is 384. The van der Waals surface area contributed by atoms with E-state index in [-0.39, 0.29) is 0 Å². The highest BCUT2D eigenvalue weighted by molar-refractivity contribution is 6.33. The maximum Gasteiger partial charge on any atom is 0.0670 e. The topological polar surface area (TPSA) is 38.5 Å². The van der Waals surface area contributed by atoms with Gasteiger partial charge in [0.2, 0.25) is 0 Å². The number of benzene rings is 1. The van der Waals surface area contributed by atoms with Crippen LogP contribution in [0.2, 0.25) is 5.02 Å². The van der Waals surface area contributed by atoms with E-state index in [2.05, 4.69) is 11.8 Å². The lowest BCUT2D eigenvalue weighted by atomic mass is 10.1. The molecule has 2 N–H and O–H groups in total. The predicted octanol–water partition coefficient (Wildman–Crippen LogP) is 2.41. The molecule has 1 unspecified atom stereocenters. The maximum absolute atomic E-state index is 6.33. The summed E-state index contributed by atoms with van der Waals surface area (Å²) in [6, 6.07) is 6.32. The molecule has 1 heterocycles. The second-order valence-corrected chi connectivity index (χ2v) is 4.69. The molecule has 0 radical (unpaired) electrons. The number of ether oxygens (including phenoxy) is 1. The minimum Gasteiger partial charge on any atom is -0.377 e. The lowest BCUT2D eigenvalue weighted by Gasteiger charge is -2.38. The molecule has 0 aromatic heterocycles. The second kappa shape index (κ2) is 5.71. The van der Waals surface area contributed by atoms with Crippen molar-refractivity contribution in [2.24, 2.45) is 5.73 Å². The van der Waals surface area contributed by atoms with Gasteiger partial charge in [-0.25, -0.2) is 0 Å². The summed E-state index contributed by atoms with van der Waals surface area (Å²) in [7, 11) is 0. The van der Waals surface area contributed by atoms with Gasteiger partial charge in [0.15, 0.2) is 0 Å². The van der Waals surface area contributed by atoms with Crippen LogP contribution in [0.3, 0.4) is 0 Å². The van der Waals surface area contributed by atoms with E-state index in [1.165, 1.54) is 0 Å². The third-order valence-corrected chi connectivity index (χ3v) is 3.58. The van der Waals surface area contributed by atoms with E-state index in [1.54, 1.807) is 0 Å². The van der Waals surface area contributed by atoms with Crippen LogP contribution in [0.25, 0.3) is 0 Å². The zero-order valence-corrected chi connectivity index (χ0v) is 10.9. The largest absolute Gasteiger partial charge is 0.377 e. The van der Waals surface area contributed by atoms with Gasteiger partial charge in [-0.2, -0.15) is 0 Å². The molecule has 4 heteroatoms. The lowest BCUT2D eigenvalue weighted by molar-refractivity contribution is 0.0929. The predicted molar refractivity (Wildman–Crippen MR) is 71.6 cm³/mol. The van der Waals surface area contributed by atoms with Crippen LogP contribution in [0.4, 0.5) is 5.69 Å². The number of morpholine rings is 1. The van der Waals surface area contributed by atoms with E-state index < -0.39 is 0 Å². The van der Waals surface area contributed by atoms with Crippen molar-refractivity contribution in [3.63, 3.8) is 0 Å². The van der Waals surface area contributed by atoms with Crippen molar-refractivity contribution in [1.29, 1.82) is 0 Å². The molecular formula is C13H19ClN2O. The fourth-order valence-electron chi connectivity index (χ4n) is 2.33. The number of hydrogen-bond donors (Lipinski definition) is 1. The summed E-state index contributed by atoms with van der Waals surface area (Å²) >= 11 is 6.33. The van der Waals surface area contributed by atoms with Gasteiger partial charge in [-0.15, -0.1) is 0 Å². The number of nitrogens with zero attached hydrogens (tertiary/aromatic N) is 1. The molecule has 2 rings (SSSR count). The number of anilines is 1. The molecule has 0 saturated carbocycles. The molecule has 94 valence electrons. The first-order valence-electron chi connectivity index (χ1n) is 6.09. The van der Waals surface area contributed by atoms with E-state index in [1.807, 2.05) is 18.2 Å². The molecule has 1 aliphatic heterocycles. The van der Waals surface area contributed by atoms with Crippen molar-refractivity contribution in [3.05, 3.63) is 28.8 Å². The molecule has 0 amide bonds. The van der Waals surface area contributed by atoms with Crippen molar-refractivity contribution < 1.29 is 4.74 Å². The first-order valence-corrected chi connectivity index (χ1v) is 6.47. The van der Waals surface area contributed by atoms with Crippen molar-refractivity contribution in [2.75, 3.05) is 24.7 Å². The molecule has 0 bridgehead atoms. The molecule has 1 saturated heterocycles. The van der Waals surface area contributed by atoms with Gasteiger partial charge < -0.3 is 15.4 Å². The molecule has 1 fully saturated rings. The van der Waals surface area contributed by atoms with Crippen LogP contribution in [-0.4, -0.2) is 25.8 Å². The van der Waals surface area contributed by atoms with Gasteiger partial charge in [-0.05, 0) is 18.1 Å². The molecule has 1 aromatic rings. The van der Waals surface area contributed by atoms with Crippen molar-refractivity contribution in [1.82, 2.24) is 0 Å². The quantitative estimate of drug-likeness (QED) is 0.900. The van der Waals surface area contributed by atoms with Crippen LogP contribution in [0.15, 0.2) is 18.2 Å². The van der Waals surface area contributed by atoms with E-state index in [4.69, 9.17) is 22.1 Å². The number of para-hydroxylation sites is 1. The van der Waals surface area contributed by atoms with Crippen LogP contribution >= 0.6 is 11.6 Å². The van der Waals surface area contributed by atoms with E-state index in [0.717, 1.165) is 42.5 Å². The second-order valence-electron chi connectivity index (χ2n) is 4.28. The number of hydrogen-bond acceptors (Lipinski definition) is 3. The zero-order chi connectivity index (χ0) is 12.3. The van der Waals surface area contributed by atoms with Gasteiger partial charge in [-0.1, -0.05) is 30.7 Å². The molecule has 0 spiro atoms. The Kier molecular flexibility index (Phi) is 4.26. The number of rotatable bonds is 3. The fourth-order valence-corrected chi connectivity index (χ4v) is 2.64. The summed E-state index contributed by atoms with van der Waals surface area (Å²) in [5.41, 5.74) is 8.00. The minimum atomic E-state index is 0.397. The van der Waals surface area contributed by atoms with E-state index in [9.17, 15) is 0 Å². The Labute approximate surface area is 107 Å². The van der Waals surface area contributed by atoms with Crippen LogP contribution in [0.5, 0.6) is 0 Å². The molecule has 1 aliphatic rings. The molecule has 1 aromatic carbocycles. The van der Waals surface area contributed by atoms with Gasteiger partial charge in [0.25, 0.3) is 0 Å². The standard InChI is InChI=1S/C13H19ClN2O/c1-2-11-9-17-7-6-16(11)13-10(8-15)4-3-5-12(13)14/h3-5,11H,2,6-9,15H2,1H3. The van der Waals surface area contributed by atoms with Crippen molar-refractivity contribution in [3.8, 4) is 0 Å². The molecular weight excluding hydrogens is 236 g/mol. The molecule has 1 atom stereocenters. The van der Waals surface area contributed by atoms with Gasteiger partial charge in [0.05, 0.1) is 30.0 Å². The average Bonchev–Trinajstić information content (AvgIpc) is 2.38. The zero-order valence-electron chi connectivity index (χ0n) is 10.2. The summed E-state index contributed by atoms with van der Waals surface area (Å²) in [5, 5.41) is 0.785. The smallest absolute Gasteiger partial charge is 0.0670 e. The van der Waals surface area contributed by atoms with Gasteiger partial charge in [0.1, 0.15) is 0 Å². The summed E-state index contributed by atoms with van der Waals surface area (Å²) in [6.07, 6.45) is 1.05. The van der Waals surface area contributed by atoms with Crippen molar-refractivity contribution >= 4 is 17.3 Å². The van der Waals surface area contributed by atoms with Crippen LogP contribution in [0.1, 0.15) is 18.9 Å². The minimum absolute atomic E-state index is 0.397. The Morgan fingerprint density at radius 2 is 2.35 bits per heavy atom. The highest BCUT2D eigenvalue weighted by Gasteiger charge is 2.24. The Balaban J connectivity index is 2.36. The van der Waals surface area contributed by atoms with Crippen LogP contribution < -0.4 is 10.6 Å². The highest BCUT2D eigenvalue weighted by Crippen LogP contribution is 2.32. The SMILES string of the molecule is CCC1COCCN1c1c(Cl)cccc1CN. The third kappa shape index (κ3) is 2.57. The first kappa shape index (κ1) is 12.7. The summed E-state index contributed by atoms with van der Waals surface area (Å²) < 4.78 is 5.52. The summed E-state index contributed by atoms with van der Waals surface area (Å²) in [6.45, 7) is 5.10. The Morgan fingerprint density at radius 3 is 3.06 bits per heavy atom. The maximum atomic E-state index is 6.33. The highest BCUT2D eigenvalue weighted by atomic mass is 35.5. The normalized spacial score (nSPS) is 20.6. The van der Waals surface area contributed by atoms with E-state index >= 15 is 0 Å². The van der Waals surface area contributed by atoms with Crippen molar-refractivity contribution in [2.45, 2.75) is 25.9 Å². The molecule has 3 nitrogen and oxygen atoms in total. The monoisotopic (exact) mass is 254 g/mol. The van der Waals surface area contributed by atoms with E-state index in [0.29, 0.717) is 12.6 Å². The average molecular weight is 255 g/mol. The molecule has 17 heavy (non-hydrogen) atoms. The number of halogens is 1. The van der Waals surface area contributed by atoms with Gasteiger partial charge in [0, 0.05) is 13.1 Å². The van der Waals surface area contributed by atoms with Gasteiger partial charge in [-0.3, -0.25) is 0 Å². The third-order valence-electron chi connectivity index (χ3n) is 3.28. The Hall–Kier alpha value is -0.770. The number of nitrogens with two attached hydrogens (primary N) is 1. The summed E-state index contributed by atoms with van der Waals surface area (Å²) in [4.78, 5) is 2.34. The van der Waals surface area contributed by atoms with Crippen LogP contribution in [-0.2, 0) is 11.3 Å².